The summed E-state index contributed by atoms with van der Waals surface area (Å²) in [7, 11) is 1.48. The number of rotatable bonds is 5. The maximum atomic E-state index is 13.8. The number of aromatic nitrogens is 3. The van der Waals surface area contributed by atoms with Gasteiger partial charge in [0.25, 0.3) is 5.91 Å². The van der Waals surface area contributed by atoms with Crippen molar-refractivity contribution in [3.63, 3.8) is 0 Å². The van der Waals surface area contributed by atoms with E-state index >= 15 is 0 Å². The molecule has 0 aliphatic heterocycles. The Bertz CT molecular complexity index is 1570. The molecule has 0 bridgehead atoms. The van der Waals surface area contributed by atoms with E-state index in [4.69, 9.17) is 9.72 Å². The van der Waals surface area contributed by atoms with Gasteiger partial charge in [0.2, 0.25) is 0 Å². The van der Waals surface area contributed by atoms with Gasteiger partial charge in [-0.05, 0) is 60.2 Å². The third-order valence-corrected chi connectivity index (χ3v) is 6.56. The number of hydrogen-bond acceptors (Lipinski definition) is 3. The van der Waals surface area contributed by atoms with Crippen LogP contribution in [0.5, 0.6) is 5.75 Å². The summed E-state index contributed by atoms with van der Waals surface area (Å²) in [6.45, 7) is 0. The van der Waals surface area contributed by atoms with Crippen molar-refractivity contribution in [2.75, 3.05) is 12.4 Å². The van der Waals surface area contributed by atoms with Crippen molar-refractivity contribution in [3.8, 4) is 28.3 Å². The van der Waals surface area contributed by atoms with E-state index in [1.54, 1.807) is 6.07 Å². The number of H-pyrrole nitrogens is 2. The number of aryl methyl sites for hydroxylation is 2. The molecule has 0 fully saturated rings. The topological polar surface area (TPSA) is 82.8 Å². The molecule has 2 aromatic carbocycles. The summed E-state index contributed by atoms with van der Waals surface area (Å²) in [6, 6.07) is 17.8. The molecule has 0 saturated heterocycles. The van der Waals surface area contributed by atoms with Gasteiger partial charge in [-0.25, -0.2) is 9.37 Å². The van der Waals surface area contributed by atoms with E-state index in [9.17, 15) is 9.18 Å². The molecule has 5 aromatic rings. The van der Waals surface area contributed by atoms with E-state index in [0.717, 1.165) is 52.8 Å². The highest BCUT2D eigenvalue weighted by molar-refractivity contribution is 6.07. The molecule has 3 aromatic heterocycles. The zero-order valence-electron chi connectivity index (χ0n) is 19.1. The highest BCUT2D eigenvalue weighted by Gasteiger charge is 2.24. The largest absolute Gasteiger partial charge is 0.495 e. The van der Waals surface area contributed by atoms with Crippen LogP contribution in [-0.4, -0.2) is 28.0 Å². The standard InChI is InChI=1S/C28H23FN4O2/c1-35-23-13-10-18(29)14-22(23)32-28(34)21-12-11-20(31-21)25-24-19-9-5-8-17(19)15-30-27(24)33-26(25)16-6-3-2-4-7-16/h2-4,6-7,10-15,31H,5,8-9H2,1H3,(H,30,33)(H,32,34). The lowest BCUT2D eigenvalue weighted by Gasteiger charge is -2.10. The van der Waals surface area contributed by atoms with Crippen LogP contribution in [0.2, 0.25) is 0 Å². The Hall–Kier alpha value is -4.39. The van der Waals surface area contributed by atoms with Crippen molar-refractivity contribution in [1.29, 1.82) is 0 Å². The van der Waals surface area contributed by atoms with Gasteiger partial charge in [-0.3, -0.25) is 4.79 Å². The number of aromatic amines is 2. The van der Waals surface area contributed by atoms with Crippen LogP contribution in [0, 0.1) is 5.82 Å². The molecular formula is C28H23FN4O2. The van der Waals surface area contributed by atoms with Gasteiger partial charge < -0.3 is 20.0 Å². The number of benzene rings is 2. The molecule has 7 heteroatoms. The number of halogens is 1. The van der Waals surface area contributed by atoms with Gasteiger partial charge in [-0.1, -0.05) is 30.3 Å². The van der Waals surface area contributed by atoms with Crippen molar-refractivity contribution in [2.45, 2.75) is 19.3 Å². The Balaban J connectivity index is 1.45. The summed E-state index contributed by atoms with van der Waals surface area (Å²) in [5.41, 5.74) is 7.87. The van der Waals surface area contributed by atoms with Crippen molar-refractivity contribution in [3.05, 3.63) is 89.5 Å². The number of pyridine rings is 1. The maximum Gasteiger partial charge on any atom is 0.272 e. The number of fused-ring (bicyclic) bond motifs is 3. The highest BCUT2D eigenvalue weighted by atomic mass is 19.1. The number of nitrogens with zero attached hydrogens (tertiary/aromatic N) is 1. The first-order valence-electron chi connectivity index (χ1n) is 11.5. The van der Waals surface area contributed by atoms with Crippen LogP contribution >= 0.6 is 0 Å². The summed E-state index contributed by atoms with van der Waals surface area (Å²) in [5.74, 6) is -0.457. The summed E-state index contributed by atoms with van der Waals surface area (Å²) in [4.78, 5) is 24.6. The number of methoxy groups -OCH3 is 1. The van der Waals surface area contributed by atoms with Crippen molar-refractivity contribution >= 4 is 22.6 Å². The number of carbonyl (C=O) groups excluding carboxylic acids is 1. The van der Waals surface area contributed by atoms with Gasteiger partial charge >= 0.3 is 0 Å². The average molecular weight is 467 g/mol. The van der Waals surface area contributed by atoms with Gasteiger partial charge in [-0.2, -0.15) is 0 Å². The van der Waals surface area contributed by atoms with Crippen LogP contribution in [0.15, 0.2) is 66.9 Å². The fourth-order valence-corrected chi connectivity index (χ4v) is 4.95. The molecule has 3 N–H and O–H groups in total. The zero-order valence-corrected chi connectivity index (χ0v) is 19.1. The van der Waals surface area contributed by atoms with Crippen molar-refractivity contribution in [1.82, 2.24) is 15.0 Å². The third-order valence-electron chi connectivity index (χ3n) is 6.56. The van der Waals surface area contributed by atoms with Crippen LogP contribution in [0.4, 0.5) is 10.1 Å². The first kappa shape index (κ1) is 21.2. The fourth-order valence-electron chi connectivity index (χ4n) is 4.95. The van der Waals surface area contributed by atoms with Crippen molar-refractivity contribution in [2.24, 2.45) is 0 Å². The van der Waals surface area contributed by atoms with E-state index in [2.05, 4.69) is 27.4 Å². The lowest BCUT2D eigenvalue weighted by molar-refractivity contribution is 0.102. The summed E-state index contributed by atoms with van der Waals surface area (Å²) in [6.07, 6.45) is 5.10. The minimum atomic E-state index is -0.457. The Morgan fingerprint density at radius 3 is 2.74 bits per heavy atom. The molecule has 1 aliphatic rings. The number of hydrogen-bond donors (Lipinski definition) is 3. The average Bonchev–Trinajstić information content (AvgIpc) is 3.62. The number of ether oxygens (including phenoxy) is 1. The summed E-state index contributed by atoms with van der Waals surface area (Å²) < 4.78 is 19.0. The van der Waals surface area contributed by atoms with Gasteiger partial charge in [0.1, 0.15) is 22.9 Å². The molecule has 6 nitrogen and oxygen atoms in total. The number of carbonyl (C=O) groups is 1. The molecule has 6 rings (SSSR count). The Morgan fingerprint density at radius 2 is 1.91 bits per heavy atom. The maximum absolute atomic E-state index is 13.8. The predicted molar refractivity (Wildman–Crippen MR) is 134 cm³/mol. The predicted octanol–water partition coefficient (Wildman–Crippen LogP) is 6.11. The molecule has 0 spiro atoms. The van der Waals surface area contributed by atoms with Gasteiger partial charge in [0, 0.05) is 28.9 Å². The Labute approximate surface area is 201 Å². The second-order valence-corrected chi connectivity index (χ2v) is 8.66. The van der Waals surface area contributed by atoms with E-state index in [0.29, 0.717) is 11.4 Å². The molecule has 0 atom stereocenters. The van der Waals surface area contributed by atoms with E-state index in [1.165, 1.54) is 36.4 Å². The molecule has 0 radical (unpaired) electrons. The smallest absolute Gasteiger partial charge is 0.272 e. The number of nitrogens with one attached hydrogen (secondary N) is 3. The first-order chi connectivity index (χ1) is 17.1. The normalized spacial score (nSPS) is 12.6. The van der Waals surface area contributed by atoms with Crippen LogP contribution in [0.25, 0.3) is 33.5 Å². The molecule has 1 aliphatic carbocycles. The van der Waals surface area contributed by atoms with Crippen LogP contribution < -0.4 is 10.1 Å². The quantitative estimate of drug-likeness (QED) is 0.292. The minimum absolute atomic E-state index is 0.271. The van der Waals surface area contributed by atoms with Gasteiger partial charge in [0.15, 0.2) is 0 Å². The van der Waals surface area contributed by atoms with E-state index in [1.807, 2.05) is 30.5 Å². The third kappa shape index (κ3) is 3.65. The minimum Gasteiger partial charge on any atom is -0.495 e. The molecule has 0 saturated carbocycles. The Morgan fingerprint density at radius 1 is 1.06 bits per heavy atom. The summed E-state index contributed by atoms with van der Waals surface area (Å²) in [5, 5.41) is 3.84. The van der Waals surface area contributed by atoms with E-state index < -0.39 is 5.82 Å². The summed E-state index contributed by atoms with van der Waals surface area (Å²) >= 11 is 0. The number of anilines is 1. The Kier molecular flexibility index (Phi) is 5.10. The number of amides is 1. The molecule has 3 heterocycles. The van der Waals surface area contributed by atoms with Gasteiger partial charge in [-0.15, -0.1) is 0 Å². The van der Waals surface area contributed by atoms with Crippen molar-refractivity contribution < 1.29 is 13.9 Å². The second kappa shape index (κ2) is 8.43. The monoisotopic (exact) mass is 466 g/mol. The SMILES string of the molecule is COc1ccc(F)cc1NC(=O)c1ccc(-c2c(-c3ccccc3)[nH]c3ncc4c(c23)CCC4)[nH]1. The molecule has 174 valence electrons. The van der Waals surface area contributed by atoms with E-state index in [-0.39, 0.29) is 11.6 Å². The lowest BCUT2D eigenvalue weighted by Crippen LogP contribution is -2.13. The molecule has 35 heavy (non-hydrogen) atoms. The fraction of sp³-hybridized carbons (Fsp3) is 0.143. The van der Waals surface area contributed by atoms with Crippen LogP contribution in [0.3, 0.4) is 0 Å². The molecular weight excluding hydrogens is 443 g/mol. The zero-order chi connectivity index (χ0) is 23.9. The second-order valence-electron chi connectivity index (χ2n) is 8.66. The molecule has 1 amide bonds. The molecule has 0 unspecified atom stereocenters. The highest BCUT2D eigenvalue weighted by Crippen LogP contribution is 2.41. The first-order valence-corrected chi connectivity index (χ1v) is 11.5. The van der Waals surface area contributed by atoms with Gasteiger partial charge in [0.05, 0.1) is 18.5 Å². The van der Waals surface area contributed by atoms with Crippen LogP contribution in [0.1, 0.15) is 28.0 Å². The lowest BCUT2D eigenvalue weighted by atomic mass is 9.99. The van der Waals surface area contributed by atoms with Crippen LogP contribution in [-0.2, 0) is 12.8 Å².